The Hall–Kier alpha value is -7.96. The highest BCUT2D eigenvalue weighted by atomic mass is 16.5. The number of fused-ring (bicyclic) bond motifs is 17. The van der Waals surface area contributed by atoms with Gasteiger partial charge in [-0.2, -0.15) is 0 Å². The average molecular weight is 994 g/mol. The van der Waals surface area contributed by atoms with Crippen molar-refractivity contribution in [2.75, 3.05) is 4.90 Å². The van der Waals surface area contributed by atoms with E-state index >= 15 is 0 Å². The van der Waals surface area contributed by atoms with Gasteiger partial charge in [-0.25, -0.2) is 0 Å². The highest BCUT2D eigenvalue weighted by molar-refractivity contribution is 7.01. The topological polar surface area (TPSA) is 43.7 Å². The third-order valence-electron chi connectivity index (χ3n) is 17.5. The molecule has 0 N–H and O–H groups in total. The van der Waals surface area contributed by atoms with Gasteiger partial charge in [-0.3, -0.25) is 0 Å². The average Bonchev–Trinajstić information content (AvgIpc) is 4.35. The fourth-order valence-electron chi connectivity index (χ4n) is 13.3. The summed E-state index contributed by atoms with van der Waals surface area (Å²) in [6.07, 6.45) is 2.07. The van der Waals surface area contributed by atoms with Crippen molar-refractivity contribution >= 4 is 106 Å². The van der Waals surface area contributed by atoms with E-state index < -0.39 is 24.8 Å². The number of para-hydroxylation sites is 2. The normalized spacial score (nSPS) is 16.6. The van der Waals surface area contributed by atoms with Crippen LogP contribution >= 0.6 is 0 Å². The van der Waals surface area contributed by atoms with Crippen LogP contribution in [0.3, 0.4) is 0 Å². The van der Waals surface area contributed by atoms with Crippen molar-refractivity contribution in [3.05, 3.63) is 186 Å². The Morgan fingerprint density at radius 3 is 1.76 bits per heavy atom. The smallest absolute Gasteiger partial charge is 0.261 e. The minimum Gasteiger partial charge on any atom is -0.458 e. The first-order valence-electron chi connectivity index (χ1n) is 29.4. The van der Waals surface area contributed by atoms with E-state index in [0.717, 1.165) is 101 Å². The molecule has 5 nitrogen and oxygen atoms in total. The summed E-state index contributed by atoms with van der Waals surface area (Å²) in [4.78, 5) is 2.29. The molecule has 0 atom stereocenters. The SMILES string of the molecule is [2H]c1c([2H])c([2H])c(-c2cc3c4c(c2)N(c2ccc5c(c2)C(C)(C)CCC5(C)C)c2c(c5oc6ccccc6c5c5c2oc2ccccc25)B4c2ccc(-n4c5ccc(C(C)(C)C)cc5c5cc(C(C)(C)C)ccc54)cc2O3)c([2H])c1[2H]. The van der Waals surface area contributed by atoms with Crippen LogP contribution in [0.25, 0.3) is 82.5 Å². The largest absolute Gasteiger partial charge is 0.458 e. The highest BCUT2D eigenvalue weighted by Crippen LogP contribution is 2.53. The summed E-state index contributed by atoms with van der Waals surface area (Å²) in [6.45, 7) is 22.4. The third-order valence-corrected chi connectivity index (χ3v) is 17.5. The number of furan rings is 2. The summed E-state index contributed by atoms with van der Waals surface area (Å²) in [5.74, 6) is 1.15. The molecule has 1 aliphatic carbocycles. The summed E-state index contributed by atoms with van der Waals surface area (Å²) in [6, 6.07) is 45.8. The lowest BCUT2D eigenvalue weighted by Crippen LogP contribution is -2.59. The molecule has 0 bridgehead atoms. The van der Waals surface area contributed by atoms with Gasteiger partial charge in [-0.1, -0.05) is 160 Å². The van der Waals surface area contributed by atoms with Gasteiger partial charge in [0.2, 0.25) is 0 Å². The molecule has 0 fully saturated rings. The first-order chi connectivity index (χ1) is 38.5. The summed E-state index contributed by atoms with van der Waals surface area (Å²) in [7, 11) is 0. The van der Waals surface area contributed by atoms with Gasteiger partial charge in [0, 0.05) is 60.9 Å². The summed E-state index contributed by atoms with van der Waals surface area (Å²) in [5, 5.41) is 6.22. The lowest BCUT2D eigenvalue weighted by atomic mass is 9.34. The standard InChI is InChI=1S/C70H61BN2O3/c1-67(2,3)42-24-30-53-48(36-42)49-37-43(68(4,5)6)25-31-54(49)72(53)45-27-29-52-58(39-45)74-59-35-41(40-18-12-11-13-19-40)34-55-62(59)71(52)63-64(73(55)44-26-28-50-51(38-44)70(9,10)33-32-69(50,7)8)66-61(47-21-15-17-23-57(47)76-66)60-46-20-14-16-22-56(46)75-65(60)63/h11-31,34-39H,32-33H2,1-10H3/i11D,12D,13D,18D,19D. The molecule has 0 saturated carbocycles. The Balaban J connectivity index is 1.08. The number of rotatable bonds is 3. The Bertz CT molecular complexity index is 4700. The fourth-order valence-corrected chi connectivity index (χ4v) is 13.3. The van der Waals surface area contributed by atoms with Crippen LogP contribution in [0.2, 0.25) is 0 Å². The van der Waals surface area contributed by atoms with Crippen LogP contribution in [0.4, 0.5) is 17.1 Å². The molecular weight excluding hydrogens is 928 g/mol. The van der Waals surface area contributed by atoms with Crippen molar-refractivity contribution in [1.82, 2.24) is 4.57 Å². The van der Waals surface area contributed by atoms with E-state index in [0.29, 0.717) is 22.6 Å². The Kier molecular flexibility index (Phi) is 8.15. The van der Waals surface area contributed by atoms with E-state index in [1.807, 2.05) is 36.4 Å². The molecule has 3 aliphatic rings. The van der Waals surface area contributed by atoms with Crippen LogP contribution in [-0.4, -0.2) is 11.3 Å². The van der Waals surface area contributed by atoms with Crippen LogP contribution in [0.5, 0.6) is 11.5 Å². The molecule has 0 radical (unpaired) electrons. The summed E-state index contributed by atoms with van der Waals surface area (Å²) < 4.78 is 69.8. The first kappa shape index (κ1) is 40.4. The summed E-state index contributed by atoms with van der Waals surface area (Å²) in [5.41, 5.74) is 16.5. The maximum atomic E-state index is 9.42. The molecule has 2 aliphatic heterocycles. The molecule has 3 aromatic heterocycles. The minimum absolute atomic E-state index is 0.0544. The van der Waals surface area contributed by atoms with Gasteiger partial charge in [-0.15, -0.1) is 0 Å². The second-order valence-corrected chi connectivity index (χ2v) is 25.2. The van der Waals surface area contributed by atoms with Crippen molar-refractivity contribution in [2.24, 2.45) is 0 Å². The Labute approximate surface area is 451 Å². The van der Waals surface area contributed by atoms with E-state index in [1.165, 1.54) is 33.0 Å². The molecule has 9 aromatic carbocycles. The number of hydrogen-bond donors (Lipinski definition) is 0. The van der Waals surface area contributed by atoms with E-state index in [4.69, 9.17) is 17.7 Å². The molecule has 76 heavy (non-hydrogen) atoms. The predicted molar refractivity (Wildman–Crippen MR) is 319 cm³/mol. The van der Waals surface area contributed by atoms with Crippen LogP contribution in [0.15, 0.2) is 173 Å². The van der Waals surface area contributed by atoms with Gasteiger partial charge >= 0.3 is 0 Å². The van der Waals surface area contributed by atoms with Crippen molar-refractivity contribution < 1.29 is 20.4 Å². The van der Waals surface area contributed by atoms with E-state index in [-0.39, 0.29) is 39.3 Å². The number of nitrogens with zero attached hydrogens (tertiary/aromatic N) is 2. The van der Waals surface area contributed by atoms with Crippen molar-refractivity contribution in [2.45, 2.75) is 104 Å². The number of aromatic nitrogens is 1. The van der Waals surface area contributed by atoms with Crippen LogP contribution in [-0.2, 0) is 21.7 Å². The van der Waals surface area contributed by atoms with Crippen LogP contribution in [0.1, 0.15) is 111 Å². The van der Waals surface area contributed by atoms with Crippen molar-refractivity contribution in [3.8, 4) is 28.3 Å². The third kappa shape index (κ3) is 6.39. The Morgan fingerprint density at radius 2 is 1.12 bits per heavy atom. The molecular formula is C70H61BN2O3. The number of benzene rings is 9. The minimum atomic E-state index is -0.497. The molecule has 372 valence electrons. The monoisotopic (exact) mass is 994 g/mol. The van der Waals surface area contributed by atoms with Crippen LogP contribution < -0.4 is 26.0 Å². The summed E-state index contributed by atoms with van der Waals surface area (Å²) >= 11 is 0. The maximum Gasteiger partial charge on any atom is 0.261 e. The first-order valence-corrected chi connectivity index (χ1v) is 26.9. The van der Waals surface area contributed by atoms with E-state index in [9.17, 15) is 2.74 Å². The molecule has 12 aromatic rings. The zero-order valence-corrected chi connectivity index (χ0v) is 44.8. The Morgan fingerprint density at radius 1 is 0.526 bits per heavy atom. The molecule has 0 unspecified atom stereocenters. The fraction of sp³-hybridized carbons (Fsp3) is 0.229. The lowest BCUT2D eigenvalue weighted by Gasteiger charge is -2.44. The van der Waals surface area contributed by atoms with Gasteiger partial charge in [0.15, 0.2) is 5.58 Å². The second-order valence-electron chi connectivity index (χ2n) is 25.2. The van der Waals surface area contributed by atoms with Gasteiger partial charge in [0.1, 0.15) is 28.2 Å². The molecule has 0 spiro atoms. The molecule has 0 amide bonds. The van der Waals surface area contributed by atoms with Crippen LogP contribution in [0, 0.1) is 0 Å². The van der Waals surface area contributed by atoms with Gasteiger partial charge in [0.25, 0.3) is 6.71 Å². The quantitative estimate of drug-likeness (QED) is 0.165. The van der Waals surface area contributed by atoms with Crippen molar-refractivity contribution in [3.63, 3.8) is 0 Å². The zero-order chi connectivity index (χ0) is 56.3. The van der Waals surface area contributed by atoms with E-state index in [1.54, 1.807) is 0 Å². The number of ether oxygens (including phenoxy) is 1. The number of hydrogen-bond acceptors (Lipinski definition) is 4. The molecule has 5 heterocycles. The predicted octanol–water partition coefficient (Wildman–Crippen LogP) is 17.6. The molecule has 0 saturated heterocycles. The maximum absolute atomic E-state index is 9.42. The van der Waals surface area contributed by atoms with E-state index in [2.05, 4.69) is 176 Å². The zero-order valence-electron chi connectivity index (χ0n) is 49.8. The lowest BCUT2D eigenvalue weighted by molar-refractivity contribution is 0.332. The second kappa shape index (κ2) is 15.3. The van der Waals surface area contributed by atoms with Gasteiger partial charge in [0.05, 0.1) is 23.6 Å². The van der Waals surface area contributed by atoms with Crippen molar-refractivity contribution in [1.29, 1.82) is 0 Å². The number of anilines is 3. The molecule has 6 heteroatoms. The van der Waals surface area contributed by atoms with Gasteiger partial charge in [-0.05, 0) is 146 Å². The van der Waals surface area contributed by atoms with Gasteiger partial charge < -0.3 is 23.0 Å². The highest BCUT2D eigenvalue weighted by Gasteiger charge is 2.47. The molecule has 15 rings (SSSR count).